The van der Waals surface area contributed by atoms with Crippen molar-refractivity contribution in [3.8, 4) is 11.8 Å². The van der Waals surface area contributed by atoms with Gasteiger partial charge in [0.05, 0.1) is 22.9 Å². The van der Waals surface area contributed by atoms with Gasteiger partial charge in [-0.25, -0.2) is 13.4 Å². The third-order valence-electron chi connectivity index (χ3n) is 2.15. The van der Waals surface area contributed by atoms with Gasteiger partial charge in [0.1, 0.15) is 0 Å². The minimum absolute atomic E-state index is 0.0208. The minimum atomic E-state index is -3.24. The quantitative estimate of drug-likeness (QED) is 0.794. The molecule has 2 rings (SSSR count). The van der Waals surface area contributed by atoms with Crippen molar-refractivity contribution in [2.45, 2.75) is 24.5 Å². The summed E-state index contributed by atoms with van der Waals surface area (Å²) in [7, 11) is -3.24. The molecule has 0 saturated heterocycles. The number of aliphatic hydroxyl groups is 1. The molecule has 0 aliphatic heterocycles. The van der Waals surface area contributed by atoms with Crippen molar-refractivity contribution >= 4 is 26.5 Å². The Balaban J connectivity index is 2.01. The molecule has 0 unspecified atom stereocenters. The lowest BCUT2D eigenvalue weighted by Crippen LogP contribution is -2.16. The molecular weight excluding hydrogens is 260 g/mol. The number of nitrogens with zero attached hydrogens (tertiary/aromatic N) is 1. The van der Waals surface area contributed by atoms with E-state index in [1.807, 2.05) is 0 Å². The summed E-state index contributed by atoms with van der Waals surface area (Å²) in [6.07, 6.45) is 3.38. The molecule has 0 spiro atoms. The maximum atomic E-state index is 11.6. The lowest BCUT2D eigenvalue weighted by Gasteiger charge is -2.01. The first-order chi connectivity index (χ1) is 8.12. The number of hydrogen-bond donors (Lipinski definition) is 2. The molecular formula is C10H12N2O3S2. The SMILES string of the molecule is O=S(=O)(Nc1ncc(C#CCCO)s1)C1CC1. The van der Waals surface area contributed by atoms with Crippen LogP contribution >= 0.6 is 11.3 Å². The van der Waals surface area contributed by atoms with Crippen molar-refractivity contribution < 1.29 is 13.5 Å². The highest BCUT2D eigenvalue weighted by molar-refractivity contribution is 7.93. The van der Waals surface area contributed by atoms with Gasteiger partial charge in [-0.2, -0.15) is 0 Å². The van der Waals surface area contributed by atoms with Gasteiger partial charge in [0.2, 0.25) is 10.0 Å². The fourth-order valence-electron chi connectivity index (χ4n) is 1.17. The molecule has 5 nitrogen and oxygen atoms in total. The summed E-state index contributed by atoms with van der Waals surface area (Å²) < 4.78 is 25.7. The van der Waals surface area contributed by atoms with Gasteiger partial charge in [0.25, 0.3) is 0 Å². The zero-order valence-electron chi connectivity index (χ0n) is 9.01. The monoisotopic (exact) mass is 272 g/mol. The number of nitrogens with one attached hydrogen (secondary N) is 1. The Hall–Kier alpha value is -1.10. The molecule has 1 aliphatic carbocycles. The molecule has 92 valence electrons. The molecule has 0 amide bonds. The van der Waals surface area contributed by atoms with Crippen LogP contribution in [0, 0.1) is 11.8 Å². The number of thiazole rings is 1. The first kappa shape index (κ1) is 12.4. The van der Waals surface area contributed by atoms with Gasteiger partial charge in [0, 0.05) is 6.42 Å². The van der Waals surface area contributed by atoms with Crippen LogP contribution in [-0.4, -0.2) is 30.4 Å². The number of aliphatic hydroxyl groups excluding tert-OH is 1. The zero-order valence-corrected chi connectivity index (χ0v) is 10.6. The summed E-state index contributed by atoms with van der Waals surface area (Å²) in [5.74, 6) is 5.56. The molecule has 0 aromatic carbocycles. The predicted molar refractivity (Wildman–Crippen MR) is 66.3 cm³/mol. The molecule has 1 fully saturated rings. The van der Waals surface area contributed by atoms with E-state index in [9.17, 15) is 8.42 Å². The van der Waals surface area contributed by atoms with E-state index in [-0.39, 0.29) is 11.9 Å². The molecule has 2 N–H and O–H groups in total. The Bertz CT molecular complexity index is 550. The maximum absolute atomic E-state index is 11.6. The summed E-state index contributed by atoms with van der Waals surface area (Å²) in [6.45, 7) is 0.0208. The van der Waals surface area contributed by atoms with Crippen LogP contribution in [0.3, 0.4) is 0 Å². The summed E-state index contributed by atoms with van der Waals surface area (Å²) >= 11 is 1.20. The molecule has 1 aromatic heterocycles. The Kier molecular flexibility index (Phi) is 3.66. The smallest absolute Gasteiger partial charge is 0.237 e. The van der Waals surface area contributed by atoms with Crippen LogP contribution in [0.1, 0.15) is 24.1 Å². The normalized spacial score (nSPS) is 15.1. The van der Waals surface area contributed by atoms with Gasteiger partial charge in [-0.3, -0.25) is 4.72 Å². The van der Waals surface area contributed by atoms with E-state index in [4.69, 9.17) is 5.11 Å². The molecule has 7 heteroatoms. The van der Waals surface area contributed by atoms with Crippen molar-refractivity contribution in [3.05, 3.63) is 11.1 Å². The van der Waals surface area contributed by atoms with Gasteiger partial charge in [-0.1, -0.05) is 23.2 Å². The molecule has 1 aliphatic rings. The Morgan fingerprint density at radius 1 is 1.59 bits per heavy atom. The second-order valence-electron chi connectivity index (χ2n) is 3.65. The summed E-state index contributed by atoms with van der Waals surface area (Å²) in [6, 6.07) is 0. The average Bonchev–Trinajstić information content (AvgIpc) is 3.04. The van der Waals surface area contributed by atoms with Gasteiger partial charge < -0.3 is 5.11 Å². The zero-order chi connectivity index (χ0) is 12.3. The van der Waals surface area contributed by atoms with Crippen molar-refractivity contribution in [1.82, 2.24) is 4.98 Å². The highest BCUT2D eigenvalue weighted by Gasteiger charge is 2.36. The number of rotatable bonds is 4. The highest BCUT2D eigenvalue weighted by atomic mass is 32.2. The van der Waals surface area contributed by atoms with Crippen LogP contribution in [0.2, 0.25) is 0 Å². The van der Waals surface area contributed by atoms with Crippen LogP contribution in [0.4, 0.5) is 5.13 Å². The molecule has 1 aromatic rings. The average molecular weight is 272 g/mol. The topological polar surface area (TPSA) is 79.3 Å². The molecule has 1 heterocycles. The Morgan fingerprint density at radius 2 is 2.35 bits per heavy atom. The maximum Gasteiger partial charge on any atom is 0.237 e. The Labute approximate surface area is 104 Å². The van der Waals surface area contributed by atoms with Crippen molar-refractivity contribution in [2.75, 3.05) is 11.3 Å². The van der Waals surface area contributed by atoms with E-state index < -0.39 is 10.0 Å². The summed E-state index contributed by atoms with van der Waals surface area (Å²) in [4.78, 5) is 4.64. The van der Waals surface area contributed by atoms with Gasteiger partial charge in [0.15, 0.2) is 5.13 Å². The van der Waals surface area contributed by atoms with Gasteiger partial charge in [-0.05, 0) is 12.8 Å². The number of anilines is 1. The van der Waals surface area contributed by atoms with Crippen LogP contribution in [0.5, 0.6) is 0 Å². The fourth-order valence-corrected chi connectivity index (χ4v) is 3.44. The largest absolute Gasteiger partial charge is 0.395 e. The summed E-state index contributed by atoms with van der Waals surface area (Å²) in [5, 5.41) is 8.66. The first-order valence-corrected chi connectivity index (χ1v) is 7.55. The van der Waals surface area contributed by atoms with Crippen LogP contribution in [0.15, 0.2) is 6.20 Å². The fraction of sp³-hybridized carbons (Fsp3) is 0.500. The molecule has 1 saturated carbocycles. The van der Waals surface area contributed by atoms with Gasteiger partial charge >= 0.3 is 0 Å². The predicted octanol–water partition coefficient (Wildman–Crippen LogP) is 0.781. The lowest BCUT2D eigenvalue weighted by atomic mass is 10.4. The van der Waals surface area contributed by atoms with Crippen molar-refractivity contribution in [2.24, 2.45) is 0 Å². The van der Waals surface area contributed by atoms with E-state index in [1.165, 1.54) is 17.5 Å². The highest BCUT2D eigenvalue weighted by Crippen LogP contribution is 2.30. The standard InChI is InChI=1S/C10H12N2O3S2/c13-6-2-1-3-8-7-11-10(16-8)12-17(14,15)9-4-5-9/h7,9,13H,2,4-6H2,(H,11,12). The number of aromatic nitrogens is 1. The van der Waals surface area contributed by atoms with E-state index in [2.05, 4.69) is 21.5 Å². The second-order valence-corrected chi connectivity index (χ2v) is 6.64. The third kappa shape index (κ3) is 3.43. The minimum Gasteiger partial charge on any atom is -0.395 e. The van der Waals surface area contributed by atoms with Crippen molar-refractivity contribution in [1.29, 1.82) is 0 Å². The van der Waals surface area contributed by atoms with E-state index in [0.29, 0.717) is 16.4 Å². The lowest BCUT2D eigenvalue weighted by molar-refractivity contribution is 0.305. The summed E-state index contributed by atoms with van der Waals surface area (Å²) in [5.41, 5.74) is 0. The number of hydrogen-bond acceptors (Lipinski definition) is 5. The van der Waals surface area contributed by atoms with Gasteiger partial charge in [-0.15, -0.1) is 0 Å². The number of sulfonamides is 1. The second kappa shape index (κ2) is 5.04. The van der Waals surface area contributed by atoms with Crippen molar-refractivity contribution in [3.63, 3.8) is 0 Å². The molecule has 17 heavy (non-hydrogen) atoms. The van der Waals surface area contributed by atoms with Crippen LogP contribution in [0.25, 0.3) is 0 Å². The van der Waals surface area contributed by atoms with E-state index in [1.54, 1.807) is 0 Å². The molecule has 0 bridgehead atoms. The van der Waals surface area contributed by atoms with E-state index in [0.717, 1.165) is 12.8 Å². The first-order valence-electron chi connectivity index (χ1n) is 5.19. The third-order valence-corrected chi connectivity index (χ3v) is 4.93. The Morgan fingerprint density at radius 3 is 3.00 bits per heavy atom. The van der Waals surface area contributed by atoms with Crippen LogP contribution in [-0.2, 0) is 10.0 Å². The molecule has 0 radical (unpaired) electrons. The molecule has 0 atom stereocenters. The van der Waals surface area contributed by atoms with Crippen LogP contribution < -0.4 is 4.72 Å². The van der Waals surface area contributed by atoms with E-state index >= 15 is 0 Å².